The van der Waals surface area contributed by atoms with Crippen LogP contribution in [0.15, 0.2) is 12.1 Å². The molecule has 1 N–H and O–H groups in total. The third kappa shape index (κ3) is 1.96. The molecule has 2 aliphatic heterocycles. The molecule has 2 nitrogen and oxygen atoms in total. The number of nitrogens with zero attached hydrogens (tertiary/aromatic N) is 1. The fourth-order valence-electron chi connectivity index (χ4n) is 3.11. The Labute approximate surface area is 104 Å². The van der Waals surface area contributed by atoms with Crippen molar-refractivity contribution in [3.8, 4) is 0 Å². The normalized spacial score (nSPS) is 27.5. The van der Waals surface area contributed by atoms with Gasteiger partial charge in [0.15, 0.2) is 11.6 Å². The number of hydrogen-bond acceptors (Lipinski definition) is 2. The molecule has 0 spiro atoms. The summed E-state index contributed by atoms with van der Waals surface area (Å²) in [4.78, 5) is 2.35. The maximum Gasteiger partial charge on any atom is 0.182 e. The van der Waals surface area contributed by atoms with E-state index < -0.39 is 17.5 Å². The smallest absolute Gasteiger partial charge is 0.182 e. The highest BCUT2D eigenvalue weighted by molar-refractivity contribution is 5.47. The number of rotatable bonds is 2. The van der Waals surface area contributed by atoms with E-state index in [9.17, 15) is 13.2 Å². The Morgan fingerprint density at radius 3 is 2.78 bits per heavy atom. The van der Waals surface area contributed by atoms with E-state index in [1.165, 1.54) is 0 Å². The highest BCUT2D eigenvalue weighted by Crippen LogP contribution is 2.31. The maximum absolute atomic E-state index is 13.6. The second-order valence-electron chi connectivity index (χ2n) is 5.03. The van der Waals surface area contributed by atoms with Crippen LogP contribution in [-0.4, -0.2) is 30.1 Å². The lowest BCUT2D eigenvalue weighted by molar-refractivity contribution is 0.318. The molecule has 98 valence electrons. The van der Waals surface area contributed by atoms with Crippen molar-refractivity contribution in [2.45, 2.75) is 31.3 Å². The molecule has 1 aromatic rings. The molecule has 0 saturated carbocycles. The van der Waals surface area contributed by atoms with Crippen LogP contribution in [0.1, 0.15) is 19.3 Å². The predicted octanol–water partition coefficient (Wildman–Crippen LogP) is 2.75. The number of anilines is 1. The summed E-state index contributed by atoms with van der Waals surface area (Å²) in [6.45, 7) is 2.05. The zero-order chi connectivity index (χ0) is 12.7. The number of hydrogen-bond donors (Lipinski definition) is 1. The van der Waals surface area contributed by atoms with Crippen LogP contribution in [0.25, 0.3) is 0 Å². The van der Waals surface area contributed by atoms with Crippen molar-refractivity contribution in [3.05, 3.63) is 29.6 Å². The van der Waals surface area contributed by atoms with Crippen LogP contribution in [0.5, 0.6) is 0 Å². The van der Waals surface area contributed by atoms with Crippen LogP contribution in [0.4, 0.5) is 18.9 Å². The summed E-state index contributed by atoms with van der Waals surface area (Å²) >= 11 is 0. The molecular weight excluding hydrogens is 241 g/mol. The average Bonchev–Trinajstić information content (AvgIpc) is 2.90. The van der Waals surface area contributed by atoms with Gasteiger partial charge >= 0.3 is 0 Å². The first-order valence-electron chi connectivity index (χ1n) is 6.30. The molecule has 2 fully saturated rings. The first-order valence-corrected chi connectivity index (χ1v) is 6.30. The zero-order valence-corrected chi connectivity index (χ0v) is 9.93. The van der Waals surface area contributed by atoms with Crippen molar-refractivity contribution in [2.24, 2.45) is 0 Å². The van der Waals surface area contributed by atoms with Gasteiger partial charge in [-0.3, -0.25) is 4.90 Å². The number of benzene rings is 1. The molecule has 0 bridgehead atoms. The first kappa shape index (κ1) is 11.8. The SMILES string of the molecule is Fc1cc(F)c(F)c(NC2CCN3CCCC23)c1. The summed E-state index contributed by atoms with van der Waals surface area (Å²) < 4.78 is 39.8. The number of fused-ring (bicyclic) bond motifs is 1. The molecule has 5 heteroatoms. The van der Waals surface area contributed by atoms with Crippen LogP contribution < -0.4 is 5.32 Å². The van der Waals surface area contributed by atoms with Crippen LogP contribution in [-0.2, 0) is 0 Å². The van der Waals surface area contributed by atoms with E-state index in [4.69, 9.17) is 0 Å². The third-order valence-electron chi connectivity index (χ3n) is 3.94. The number of halogens is 3. The van der Waals surface area contributed by atoms with E-state index in [-0.39, 0.29) is 11.7 Å². The minimum Gasteiger partial charge on any atom is -0.378 e. The predicted molar refractivity (Wildman–Crippen MR) is 62.9 cm³/mol. The minimum absolute atomic E-state index is 0.0637. The monoisotopic (exact) mass is 256 g/mol. The second kappa shape index (κ2) is 4.46. The highest BCUT2D eigenvalue weighted by atomic mass is 19.2. The van der Waals surface area contributed by atoms with E-state index in [0.29, 0.717) is 12.1 Å². The van der Waals surface area contributed by atoms with Gasteiger partial charge in [0.1, 0.15) is 5.82 Å². The summed E-state index contributed by atoms with van der Waals surface area (Å²) in [5, 5.41) is 2.97. The summed E-state index contributed by atoms with van der Waals surface area (Å²) in [5.41, 5.74) is -0.0637. The van der Waals surface area contributed by atoms with Gasteiger partial charge in [-0.25, -0.2) is 13.2 Å². The van der Waals surface area contributed by atoms with Crippen LogP contribution in [0.3, 0.4) is 0 Å². The van der Waals surface area contributed by atoms with E-state index in [0.717, 1.165) is 38.4 Å². The average molecular weight is 256 g/mol. The Kier molecular flexibility index (Phi) is 2.93. The van der Waals surface area contributed by atoms with Gasteiger partial charge in [0.05, 0.1) is 5.69 Å². The Bertz CT molecular complexity index is 464. The van der Waals surface area contributed by atoms with Crippen LogP contribution in [0, 0.1) is 17.5 Å². The van der Waals surface area contributed by atoms with Crippen molar-refractivity contribution in [2.75, 3.05) is 18.4 Å². The molecule has 0 aliphatic carbocycles. The first-order chi connectivity index (χ1) is 8.65. The lowest BCUT2D eigenvalue weighted by Crippen LogP contribution is -2.34. The van der Waals surface area contributed by atoms with Gasteiger partial charge in [-0.15, -0.1) is 0 Å². The van der Waals surface area contributed by atoms with Crippen LogP contribution in [0.2, 0.25) is 0 Å². The Balaban J connectivity index is 1.80. The molecular formula is C13H15F3N2. The lowest BCUT2D eigenvalue weighted by Gasteiger charge is -2.22. The molecule has 3 rings (SSSR count). The molecule has 0 amide bonds. The lowest BCUT2D eigenvalue weighted by atomic mass is 10.1. The fraction of sp³-hybridized carbons (Fsp3) is 0.538. The number of nitrogens with one attached hydrogen (secondary N) is 1. The topological polar surface area (TPSA) is 15.3 Å². The molecule has 2 heterocycles. The standard InChI is InChI=1S/C13H15F3N2/c14-8-6-9(15)13(16)11(7-8)17-10-3-5-18-4-1-2-12(10)18/h6-7,10,12,17H,1-5H2. The van der Waals surface area contributed by atoms with Gasteiger partial charge in [0, 0.05) is 30.8 Å². The van der Waals surface area contributed by atoms with Crippen molar-refractivity contribution in [3.63, 3.8) is 0 Å². The summed E-state index contributed by atoms with van der Waals surface area (Å²) in [6.07, 6.45) is 3.10. The largest absolute Gasteiger partial charge is 0.378 e. The molecule has 18 heavy (non-hydrogen) atoms. The minimum atomic E-state index is -1.14. The molecule has 2 atom stereocenters. The fourth-order valence-corrected chi connectivity index (χ4v) is 3.11. The molecule has 2 saturated heterocycles. The molecule has 2 unspecified atom stereocenters. The van der Waals surface area contributed by atoms with E-state index >= 15 is 0 Å². The van der Waals surface area contributed by atoms with Crippen molar-refractivity contribution < 1.29 is 13.2 Å². The molecule has 1 aromatic carbocycles. The van der Waals surface area contributed by atoms with Crippen molar-refractivity contribution in [1.29, 1.82) is 0 Å². The maximum atomic E-state index is 13.6. The van der Waals surface area contributed by atoms with Gasteiger partial charge in [0.2, 0.25) is 0 Å². The molecule has 0 radical (unpaired) electrons. The van der Waals surface area contributed by atoms with Gasteiger partial charge in [-0.05, 0) is 25.8 Å². The summed E-state index contributed by atoms with van der Waals surface area (Å²) in [7, 11) is 0. The molecule has 0 aromatic heterocycles. The molecule has 2 aliphatic rings. The van der Waals surface area contributed by atoms with Crippen molar-refractivity contribution >= 4 is 5.69 Å². The van der Waals surface area contributed by atoms with Crippen molar-refractivity contribution in [1.82, 2.24) is 4.90 Å². The summed E-state index contributed by atoms with van der Waals surface area (Å²) in [5.74, 6) is -2.88. The van der Waals surface area contributed by atoms with E-state index in [1.807, 2.05) is 0 Å². The highest BCUT2D eigenvalue weighted by Gasteiger charge is 2.37. The van der Waals surface area contributed by atoms with E-state index in [2.05, 4.69) is 10.2 Å². The summed E-state index contributed by atoms with van der Waals surface area (Å²) in [6, 6.07) is 2.05. The Morgan fingerprint density at radius 2 is 1.94 bits per heavy atom. The van der Waals surface area contributed by atoms with Gasteiger partial charge in [-0.2, -0.15) is 0 Å². The Hall–Kier alpha value is -1.23. The Morgan fingerprint density at radius 1 is 1.11 bits per heavy atom. The quantitative estimate of drug-likeness (QED) is 0.818. The van der Waals surface area contributed by atoms with Gasteiger partial charge in [0.25, 0.3) is 0 Å². The second-order valence-corrected chi connectivity index (χ2v) is 5.03. The third-order valence-corrected chi connectivity index (χ3v) is 3.94. The van der Waals surface area contributed by atoms with E-state index in [1.54, 1.807) is 0 Å². The zero-order valence-electron chi connectivity index (χ0n) is 9.93. The van der Waals surface area contributed by atoms with Crippen LogP contribution >= 0.6 is 0 Å². The van der Waals surface area contributed by atoms with Gasteiger partial charge in [-0.1, -0.05) is 0 Å². The van der Waals surface area contributed by atoms with Gasteiger partial charge < -0.3 is 5.32 Å².